The molecule has 0 amide bonds. The quantitative estimate of drug-likeness (QED) is 0.319. The molecule has 0 saturated heterocycles. The molecule has 3 nitrogen and oxygen atoms in total. The van der Waals surface area contributed by atoms with Crippen LogP contribution < -0.4 is 0 Å². The molecule has 0 aliphatic heterocycles. The molecule has 1 aromatic rings. The summed E-state index contributed by atoms with van der Waals surface area (Å²) in [5.74, 6) is -0.340. The molecule has 94 valence electrons. The predicted molar refractivity (Wildman–Crippen MR) is 68.3 cm³/mol. The van der Waals surface area contributed by atoms with E-state index in [-0.39, 0.29) is 23.5 Å². The van der Waals surface area contributed by atoms with Crippen LogP contribution in [0.2, 0.25) is 0 Å². The van der Waals surface area contributed by atoms with Gasteiger partial charge in [0.15, 0.2) is 5.78 Å². The Bertz CT molecular complexity index is 438. The molecule has 1 aliphatic carbocycles. The van der Waals surface area contributed by atoms with Crippen molar-refractivity contribution in [3.05, 3.63) is 48.6 Å². The second-order valence-corrected chi connectivity index (χ2v) is 4.46. The van der Waals surface area contributed by atoms with E-state index in [0.717, 1.165) is 6.29 Å². The van der Waals surface area contributed by atoms with Crippen LogP contribution in [0, 0.1) is 17.8 Å². The molecule has 1 unspecified atom stereocenters. The largest absolute Gasteiger partial charge is 0.377 e. The van der Waals surface area contributed by atoms with Crippen LogP contribution in [0.3, 0.4) is 0 Å². The summed E-state index contributed by atoms with van der Waals surface area (Å²) in [6.45, 7) is 4.45. The number of aldehydes is 1. The second kappa shape index (κ2) is 5.74. The van der Waals surface area contributed by atoms with Gasteiger partial charge < -0.3 is 9.53 Å². The lowest BCUT2D eigenvalue weighted by Crippen LogP contribution is -2.06. The Balaban J connectivity index is 1.98. The van der Waals surface area contributed by atoms with Crippen LogP contribution in [0.15, 0.2) is 43.0 Å². The van der Waals surface area contributed by atoms with Crippen LogP contribution in [-0.4, -0.2) is 25.3 Å². The standard InChI is InChI=1S/C15H16O3/c1-2-8-18-10-13-12(9-16)14(13)15(17)11-6-4-3-5-7-11/h2-7,9,12-14H,1,8,10H2/t12-,13?,14-/m1/s1. The zero-order chi connectivity index (χ0) is 13.0. The van der Waals surface area contributed by atoms with Crippen molar-refractivity contribution in [2.75, 3.05) is 13.2 Å². The van der Waals surface area contributed by atoms with Crippen LogP contribution in [0.5, 0.6) is 0 Å². The summed E-state index contributed by atoms with van der Waals surface area (Å²) in [5.41, 5.74) is 0.667. The van der Waals surface area contributed by atoms with E-state index in [2.05, 4.69) is 6.58 Å². The summed E-state index contributed by atoms with van der Waals surface area (Å²) in [6.07, 6.45) is 2.53. The summed E-state index contributed by atoms with van der Waals surface area (Å²) < 4.78 is 5.33. The Hall–Kier alpha value is -1.74. The molecule has 0 bridgehead atoms. The van der Waals surface area contributed by atoms with E-state index in [0.29, 0.717) is 18.8 Å². The maximum Gasteiger partial charge on any atom is 0.167 e. The third kappa shape index (κ3) is 2.57. The van der Waals surface area contributed by atoms with Gasteiger partial charge in [0.05, 0.1) is 13.2 Å². The van der Waals surface area contributed by atoms with Gasteiger partial charge in [-0.05, 0) is 0 Å². The van der Waals surface area contributed by atoms with Crippen LogP contribution in [0.25, 0.3) is 0 Å². The molecule has 0 radical (unpaired) electrons. The number of carbonyl (C=O) groups excluding carboxylic acids is 2. The van der Waals surface area contributed by atoms with Crippen LogP contribution in [0.1, 0.15) is 10.4 Å². The lowest BCUT2D eigenvalue weighted by atomic mass is 10.1. The van der Waals surface area contributed by atoms with Crippen molar-refractivity contribution in [1.29, 1.82) is 0 Å². The topological polar surface area (TPSA) is 43.4 Å². The monoisotopic (exact) mass is 244 g/mol. The summed E-state index contributed by atoms with van der Waals surface area (Å²) >= 11 is 0. The molecule has 0 aromatic heterocycles. The van der Waals surface area contributed by atoms with E-state index in [1.54, 1.807) is 18.2 Å². The van der Waals surface area contributed by atoms with Crippen molar-refractivity contribution in [3.8, 4) is 0 Å². The predicted octanol–water partition coefficient (Wildman–Crippen LogP) is 2.13. The van der Waals surface area contributed by atoms with Gasteiger partial charge in [-0.25, -0.2) is 0 Å². The van der Waals surface area contributed by atoms with Gasteiger partial charge in [0.1, 0.15) is 6.29 Å². The molecular weight excluding hydrogens is 228 g/mol. The maximum atomic E-state index is 12.2. The first-order valence-corrected chi connectivity index (χ1v) is 6.02. The molecule has 0 heterocycles. The van der Waals surface area contributed by atoms with Crippen LogP contribution in [-0.2, 0) is 9.53 Å². The average Bonchev–Trinajstić information content (AvgIpc) is 3.12. The number of Topliss-reactive ketones (excluding diaryl/α,β-unsaturated/α-hetero) is 1. The van der Waals surface area contributed by atoms with Crippen LogP contribution >= 0.6 is 0 Å². The van der Waals surface area contributed by atoms with Crippen molar-refractivity contribution < 1.29 is 14.3 Å². The Morgan fingerprint density at radius 1 is 1.33 bits per heavy atom. The minimum Gasteiger partial charge on any atom is -0.377 e. The molecule has 3 heteroatoms. The average molecular weight is 244 g/mol. The van der Waals surface area contributed by atoms with Gasteiger partial charge in [0.25, 0.3) is 0 Å². The Morgan fingerprint density at radius 2 is 2.06 bits per heavy atom. The third-order valence-electron chi connectivity index (χ3n) is 3.29. The highest BCUT2D eigenvalue weighted by Crippen LogP contribution is 2.46. The van der Waals surface area contributed by atoms with Crippen molar-refractivity contribution in [1.82, 2.24) is 0 Å². The van der Waals surface area contributed by atoms with E-state index in [9.17, 15) is 9.59 Å². The second-order valence-electron chi connectivity index (χ2n) is 4.46. The third-order valence-corrected chi connectivity index (χ3v) is 3.29. The van der Waals surface area contributed by atoms with Gasteiger partial charge in [-0.2, -0.15) is 0 Å². The minimum absolute atomic E-state index is 0.0233. The fraction of sp³-hybridized carbons (Fsp3) is 0.333. The van der Waals surface area contributed by atoms with Gasteiger partial charge in [-0.15, -0.1) is 6.58 Å². The number of benzene rings is 1. The molecule has 0 N–H and O–H groups in total. The molecule has 1 aromatic carbocycles. The van der Waals surface area contributed by atoms with E-state index in [4.69, 9.17) is 4.74 Å². The van der Waals surface area contributed by atoms with E-state index >= 15 is 0 Å². The highest BCUT2D eigenvalue weighted by Gasteiger charge is 2.54. The number of hydrogen-bond donors (Lipinski definition) is 0. The molecule has 2 rings (SSSR count). The fourth-order valence-electron chi connectivity index (χ4n) is 2.25. The Kier molecular flexibility index (Phi) is 4.05. The lowest BCUT2D eigenvalue weighted by molar-refractivity contribution is -0.109. The molecule has 1 saturated carbocycles. The molecular formula is C15H16O3. The van der Waals surface area contributed by atoms with Gasteiger partial charge in [0, 0.05) is 23.3 Å². The summed E-state index contributed by atoms with van der Waals surface area (Å²) in [6, 6.07) is 9.09. The SMILES string of the molecule is C=CCOCC1[C@@H](C=O)[C@H]1C(=O)c1ccccc1. The number of hydrogen-bond acceptors (Lipinski definition) is 3. The molecule has 0 spiro atoms. The normalized spacial score (nSPS) is 25.4. The summed E-state index contributed by atoms with van der Waals surface area (Å²) in [5, 5.41) is 0. The van der Waals surface area contributed by atoms with Gasteiger partial charge in [0.2, 0.25) is 0 Å². The summed E-state index contributed by atoms with van der Waals surface area (Å²) in [7, 11) is 0. The van der Waals surface area contributed by atoms with Gasteiger partial charge in [-0.1, -0.05) is 36.4 Å². The number of ketones is 1. The van der Waals surface area contributed by atoms with Crippen molar-refractivity contribution in [3.63, 3.8) is 0 Å². The summed E-state index contributed by atoms with van der Waals surface area (Å²) in [4.78, 5) is 23.1. The number of carbonyl (C=O) groups is 2. The van der Waals surface area contributed by atoms with Gasteiger partial charge >= 0.3 is 0 Å². The Labute approximate surface area is 106 Å². The Morgan fingerprint density at radius 3 is 2.67 bits per heavy atom. The van der Waals surface area contributed by atoms with Crippen molar-refractivity contribution in [2.24, 2.45) is 17.8 Å². The zero-order valence-corrected chi connectivity index (χ0v) is 10.1. The lowest BCUT2D eigenvalue weighted by Gasteiger charge is -2.00. The zero-order valence-electron chi connectivity index (χ0n) is 10.1. The highest BCUT2D eigenvalue weighted by atomic mass is 16.5. The maximum absolute atomic E-state index is 12.2. The number of ether oxygens (including phenoxy) is 1. The highest BCUT2D eigenvalue weighted by molar-refractivity contribution is 6.02. The van der Waals surface area contributed by atoms with Gasteiger partial charge in [-0.3, -0.25) is 4.79 Å². The van der Waals surface area contributed by atoms with E-state index < -0.39 is 0 Å². The molecule has 1 fully saturated rings. The fourth-order valence-corrected chi connectivity index (χ4v) is 2.25. The first-order valence-electron chi connectivity index (χ1n) is 6.02. The first kappa shape index (κ1) is 12.7. The van der Waals surface area contributed by atoms with E-state index in [1.165, 1.54) is 0 Å². The smallest absolute Gasteiger partial charge is 0.167 e. The molecule has 1 aliphatic rings. The molecule has 18 heavy (non-hydrogen) atoms. The molecule has 3 atom stereocenters. The van der Waals surface area contributed by atoms with Crippen molar-refractivity contribution >= 4 is 12.1 Å². The van der Waals surface area contributed by atoms with E-state index in [1.807, 2.05) is 18.2 Å². The number of rotatable bonds is 7. The van der Waals surface area contributed by atoms with Crippen LogP contribution in [0.4, 0.5) is 0 Å². The minimum atomic E-state index is -0.213. The van der Waals surface area contributed by atoms with Crippen molar-refractivity contribution in [2.45, 2.75) is 0 Å². The first-order chi connectivity index (χ1) is 8.79.